The first-order valence-electron chi connectivity index (χ1n) is 5.73. The van der Waals surface area contributed by atoms with Crippen molar-refractivity contribution in [3.63, 3.8) is 0 Å². The fourth-order valence-corrected chi connectivity index (χ4v) is 1.26. The Morgan fingerprint density at radius 3 is 2.71 bits per heavy atom. The molecule has 3 nitrogen and oxygen atoms in total. The number of rotatable bonds is 6. The van der Waals surface area contributed by atoms with E-state index in [0.29, 0.717) is 13.2 Å². The smallest absolute Gasteiger partial charge is 0.330 e. The van der Waals surface area contributed by atoms with Crippen LogP contribution in [0.15, 0.2) is 42.5 Å². The molecule has 0 spiro atoms. The molecule has 0 saturated heterocycles. The number of esters is 1. The zero-order valence-corrected chi connectivity index (χ0v) is 10.3. The van der Waals surface area contributed by atoms with Crippen molar-refractivity contribution in [2.45, 2.75) is 26.6 Å². The number of hydrogen-bond acceptors (Lipinski definition) is 3. The first-order chi connectivity index (χ1) is 8.22. The second kappa shape index (κ2) is 7.63. The highest BCUT2D eigenvalue weighted by Crippen LogP contribution is 2.04. The van der Waals surface area contributed by atoms with Crippen molar-refractivity contribution in [3.05, 3.63) is 48.0 Å². The van der Waals surface area contributed by atoms with E-state index < -0.39 is 0 Å². The lowest BCUT2D eigenvalue weighted by molar-refractivity contribution is -0.137. The lowest BCUT2D eigenvalue weighted by atomic mass is 10.2. The van der Waals surface area contributed by atoms with Crippen LogP contribution in [0, 0.1) is 0 Å². The van der Waals surface area contributed by atoms with Crippen LogP contribution in [-0.2, 0) is 20.9 Å². The molecule has 3 heteroatoms. The molecule has 0 aliphatic heterocycles. The molecule has 1 rings (SSSR count). The summed E-state index contributed by atoms with van der Waals surface area (Å²) in [6.07, 6.45) is 2.99. The Balaban J connectivity index is 2.30. The minimum absolute atomic E-state index is 0.111. The van der Waals surface area contributed by atoms with E-state index in [0.717, 1.165) is 5.56 Å². The molecule has 0 heterocycles. The van der Waals surface area contributed by atoms with Crippen LogP contribution in [0.1, 0.15) is 19.4 Å². The number of carbonyl (C=O) groups is 1. The van der Waals surface area contributed by atoms with Gasteiger partial charge in [-0.2, -0.15) is 0 Å². The van der Waals surface area contributed by atoms with Crippen LogP contribution >= 0.6 is 0 Å². The van der Waals surface area contributed by atoms with Gasteiger partial charge in [-0.1, -0.05) is 30.3 Å². The van der Waals surface area contributed by atoms with E-state index >= 15 is 0 Å². The lowest BCUT2D eigenvalue weighted by Gasteiger charge is -2.08. The van der Waals surface area contributed by atoms with Gasteiger partial charge < -0.3 is 9.47 Å². The van der Waals surface area contributed by atoms with Crippen LogP contribution in [0.3, 0.4) is 0 Å². The molecule has 0 amide bonds. The molecule has 0 N–H and O–H groups in total. The first-order valence-corrected chi connectivity index (χ1v) is 5.73. The largest absolute Gasteiger partial charge is 0.463 e. The van der Waals surface area contributed by atoms with E-state index in [1.54, 1.807) is 13.0 Å². The molecule has 0 radical (unpaired) electrons. The number of hydrogen-bond donors (Lipinski definition) is 0. The highest BCUT2D eigenvalue weighted by atomic mass is 16.5. The summed E-state index contributed by atoms with van der Waals surface area (Å²) in [5.74, 6) is -0.331. The van der Waals surface area contributed by atoms with Gasteiger partial charge in [-0.25, -0.2) is 4.79 Å². The maximum atomic E-state index is 11.1. The Morgan fingerprint density at radius 1 is 1.35 bits per heavy atom. The van der Waals surface area contributed by atoms with E-state index in [1.165, 1.54) is 6.08 Å². The monoisotopic (exact) mass is 234 g/mol. The fourth-order valence-electron chi connectivity index (χ4n) is 1.26. The Morgan fingerprint density at radius 2 is 2.06 bits per heavy atom. The number of carbonyl (C=O) groups excluding carboxylic acids is 1. The van der Waals surface area contributed by atoms with Gasteiger partial charge in [-0.3, -0.25) is 0 Å². The van der Waals surface area contributed by atoms with Crippen LogP contribution in [0.4, 0.5) is 0 Å². The third-order valence-electron chi connectivity index (χ3n) is 2.15. The molecular weight excluding hydrogens is 216 g/mol. The molecular formula is C14H18O3. The van der Waals surface area contributed by atoms with Gasteiger partial charge in [0.25, 0.3) is 0 Å². The molecule has 0 bridgehead atoms. The quantitative estimate of drug-likeness (QED) is 0.561. The Kier molecular flexibility index (Phi) is 6.04. The SMILES string of the molecule is CCOC(=O)/C=C\C(C)OCc1ccccc1. The fraction of sp³-hybridized carbons (Fsp3) is 0.357. The summed E-state index contributed by atoms with van der Waals surface area (Å²) in [6, 6.07) is 9.91. The Bertz CT molecular complexity index is 357. The number of ether oxygens (including phenoxy) is 2. The molecule has 1 unspecified atom stereocenters. The lowest BCUT2D eigenvalue weighted by Crippen LogP contribution is -2.06. The normalized spacial score (nSPS) is 12.6. The zero-order valence-electron chi connectivity index (χ0n) is 10.3. The summed E-state index contributed by atoms with van der Waals surface area (Å²) >= 11 is 0. The highest BCUT2D eigenvalue weighted by Gasteiger charge is 2.00. The van der Waals surface area contributed by atoms with Crippen LogP contribution in [0.5, 0.6) is 0 Å². The molecule has 0 aliphatic carbocycles. The van der Waals surface area contributed by atoms with E-state index in [9.17, 15) is 4.79 Å². The first kappa shape index (κ1) is 13.5. The van der Waals surface area contributed by atoms with Crippen molar-refractivity contribution in [3.8, 4) is 0 Å². The summed E-state index contributed by atoms with van der Waals surface area (Å²) < 4.78 is 10.3. The van der Waals surface area contributed by atoms with Crippen molar-refractivity contribution in [1.29, 1.82) is 0 Å². The predicted molar refractivity (Wildman–Crippen MR) is 66.5 cm³/mol. The van der Waals surface area contributed by atoms with Gasteiger partial charge >= 0.3 is 5.97 Å². The molecule has 0 saturated carbocycles. The molecule has 17 heavy (non-hydrogen) atoms. The van der Waals surface area contributed by atoms with Gasteiger partial charge in [0.15, 0.2) is 0 Å². The maximum Gasteiger partial charge on any atom is 0.330 e. The minimum atomic E-state index is -0.331. The molecule has 1 aromatic rings. The summed E-state index contributed by atoms with van der Waals surface area (Å²) in [7, 11) is 0. The molecule has 1 aromatic carbocycles. The average molecular weight is 234 g/mol. The van der Waals surface area contributed by atoms with Gasteiger partial charge in [-0.15, -0.1) is 0 Å². The van der Waals surface area contributed by atoms with E-state index in [-0.39, 0.29) is 12.1 Å². The van der Waals surface area contributed by atoms with E-state index in [4.69, 9.17) is 9.47 Å². The van der Waals surface area contributed by atoms with Crippen molar-refractivity contribution < 1.29 is 14.3 Å². The number of benzene rings is 1. The summed E-state index contributed by atoms with van der Waals surface area (Å²) in [5, 5.41) is 0. The maximum absolute atomic E-state index is 11.1. The standard InChI is InChI=1S/C14H18O3/c1-3-16-14(15)10-9-12(2)17-11-13-7-5-4-6-8-13/h4-10,12H,3,11H2,1-2H3/b10-9-. The Hall–Kier alpha value is -1.61. The van der Waals surface area contributed by atoms with Crippen molar-refractivity contribution in [1.82, 2.24) is 0 Å². The topological polar surface area (TPSA) is 35.5 Å². The van der Waals surface area contributed by atoms with Crippen LogP contribution in [-0.4, -0.2) is 18.7 Å². The zero-order chi connectivity index (χ0) is 12.5. The van der Waals surface area contributed by atoms with Crippen LogP contribution in [0.25, 0.3) is 0 Å². The van der Waals surface area contributed by atoms with Gasteiger partial charge in [-0.05, 0) is 25.5 Å². The van der Waals surface area contributed by atoms with Crippen LogP contribution < -0.4 is 0 Å². The Labute approximate surface area is 102 Å². The van der Waals surface area contributed by atoms with Crippen molar-refractivity contribution >= 4 is 5.97 Å². The van der Waals surface area contributed by atoms with Crippen molar-refractivity contribution in [2.75, 3.05) is 6.61 Å². The predicted octanol–water partition coefficient (Wildman–Crippen LogP) is 2.71. The summed E-state index contributed by atoms with van der Waals surface area (Å²) in [4.78, 5) is 11.1. The molecule has 92 valence electrons. The molecule has 0 fully saturated rings. The third kappa shape index (κ3) is 5.88. The molecule has 0 aromatic heterocycles. The van der Waals surface area contributed by atoms with Crippen LogP contribution in [0.2, 0.25) is 0 Å². The molecule has 1 atom stereocenters. The van der Waals surface area contributed by atoms with Gasteiger partial charge in [0.2, 0.25) is 0 Å². The third-order valence-corrected chi connectivity index (χ3v) is 2.15. The van der Waals surface area contributed by atoms with Gasteiger partial charge in [0, 0.05) is 6.08 Å². The van der Waals surface area contributed by atoms with E-state index in [1.807, 2.05) is 37.3 Å². The van der Waals surface area contributed by atoms with Gasteiger partial charge in [0.1, 0.15) is 0 Å². The minimum Gasteiger partial charge on any atom is -0.463 e. The molecule has 0 aliphatic rings. The second-order valence-corrected chi connectivity index (χ2v) is 3.61. The highest BCUT2D eigenvalue weighted by molar-refractivity contribution is 5.81. The second-order valence-electron chi connectivity index (χ2n) is 3.61. The summed E-state index contributed by atoms with van der Waals surface area (Å²) in [6.45, 7) is 4.59. The van der Waals surface area contributed by atoms with Crippen molar-refractivity contribution in [2.24, 2.45) is 0 Å². The van der Waals surface area contributed by atoms with E-state index in [2.05, 4.69) is 0 Å². The average Bonchev–Trinajstić information content (AvgIpc) is 2.35. The van der Waals surface area contributed by atoms with Gasteiger partial charge in [0.05, 0.1) is 19.3 Å². The summed E-state index contributed by atoms with van der Waals surface area (Å²) in [5.41, 5.74) is 1.11.